The third-order valence-corrected chi connectivity index (χ3v) is 4.09. The summed E-state index contributed by atoms with van der Waals surface area (Å²) in [7, 11) is 0. The lowest BCUT2D eigenvalue weighted by molar-refractivity contribution is 1.03. The first kappa shape index (κ1) is 9.61. The van der Waals surface area contributed by atoms with Gasteiger partial charge in [0.25, 0.3) is 0 Å². The standard InChI is InChI=1S/C6H5BrIN4P/c7-4-1-10-6(9)3-2-12(13-8)11-5(3)4/h1-2,13H,(H2,9,10). The van der Waals surface area contributed by atoms with Crippen LogP contribution in [0.15, 0.2) is 16.9 Å². The van der Waals surface area contributed by atoms with Crippen LogP contribution < -0.4 is 5.73 Å². The van der Waals surface area contributed by atoms with E-state index < -0.39 is 0 Å². The summed E-state index contributed by atoms with van der Waals surface area (Å²) in [4.78, 5) is 4.03. The zero-order valence-electron chi connectivity index (χ0n) is 6.33. The van der Waals surface area contributed by atoms with E-state index in [9.17, 15) is 0 Å². The van der Waals surface area contributed by atoms with E-state index in [2.05, 4.69) is 48.1 Å². The molecule has 0 fully saturated rings. The number of rotatable bonds is 1. The van der Waals surface area contributed by atoms with E-state index in [1.807, 2.05) is 10.6 Å². The van der Waals surface area contributed by atoms with Crippen LogP contribution in [-0.4, -0.2) is 14.5 Å². The summed E-state index contributed by atoms with van der Waals surface area (Å²) in [6.07, 6.45) is 4.16. The highest BCUT2D eigenvalue weighted by atomic mass is 127. The molecule has 2 aromatic heterocycles. The summed E-state index contributed by atoms with van der Waals surface area (Å²) < 4.78 is 2.73. The Hall–Kier alpha value is 0.0600. The van der Waals surface area contributed by atoms with Gasteiger partial charge in [0.2, 0.25) is 0 Å². The fraction of sp³-hybridized carbons (Fsp3) is 0. The molecule has 0 aliphatic heterocycles. The number of hydrogen-bond donors (Lipinski definition) is 1. The molecule has 4 nitrogen and oxygen atoms in total. The van der Waals surface area contributed by atoms with Gasteiger partial charge >= 0.3 is 0 Å². The first-order valence-electron chi connectivity index (χ1n) is 3.38. The van der Waals surface area contributed by atoms with Gasteiger partial charge in [-0.3, -0.25) is 0 Å². The molecule has 0 bridgehead atoms. The molecule has 2 aromatic rings. The number of hydrogen-bond acceptors (Lipinski definition) is 3. The molecule has 68 valence electrons. The summed E-state index contributed by atoms with van der Waals surface area (Å²) in [5, 5.41) is 5.25. The van der Waals surface area contributed by atoms with E-state index in [-0.39, 0.29) is 0 Å². The predicted molar refractivity (Wildman–Crippen MR) is 67.4 cm³/mol. The zero-order chi connectivity index (χ0) is 9.42. The summed E-state index contributed by atoms with van der Waals surface area (Å²) in [5.74, 6) is 0.527. The highest BCUT2D eigenvalue weighted by Crippen LogP contribution is 2.30. The average molecular weight is 371 g/mol. The van der Waals surface area contributed by atoms with Crippen molar-refractivity contribution in [1.82, 2.24) is 14.5 Å². The molecule has 1 unspecified atom stereocenters. The topological polar surface area (TPSA) is 56.7 Å². The van der Waals surface area contributed by atoms with Crippen LogP contribution in [0.3, 0.4) is 0 Å². The SMILES string of the molecule is Nc1ncc(Br)c2nn(PI)cc12. The number of fused-ring (bicyclic) bond motifs is 1. The largest absolute Gasteiger partial charge is 0.383 e. The molecule has 2 heterocycles. The zero-order valence-corrected chi connectivity index (χ0v) is 11.1. The van der Waals surface area contributed by atoms with Crippen LogP contribution in [0.2, 0.25) is 0 Å². The van der Waals surface area contributed by atoms with Crippen LogP contribution in [0, 0.1) is 0 Å². The summed E-state index contributed by atoms with van der Waals surface area (Å²) in [5.41, 5.74) is 6.58. The molecular weight excluding hydrogens is 366 g/mol. The number of nitrogen functional groups attached to an aromatic ring is 1. The van der Waals surface area contributed by atoms with E-state index >= 15 is 0 Å². The monoisotopic (exact) mass is 370 g/mol. The van der Waals surface area contributed by atoms with Gasteiger partial charge in [-0.05, 0) is 38.0 Å². The Bertz CT molecular complexity index is 418. The smallest absolute Gasteiger partial charge is 0.134 e. The molecule has 0 saturated carbocycles. The quantitative estimate of drug-likeness (QED) is 0.620. The number of aromatic nitrogens is 3. The Morgan fingerprint density at radius 1 is 1.62 bits per heavy atom. The van der Waals surface area contributed by atoms with Crippen molar-refractivity contribution < 1.29 is 0 Å². The Balaban J connectivity index is 2.80. The molecule has 0 aromatic carbocycles. The Morgan fingerprint density at radius 2 is 2.38 bits per heavy atom. The second kappa shape index (κ2) is 3.67. The maximum Gasteiger partial charge on any atom is 0.134 e. The van der Waals surface area contributed by atoms with E-state index in [0.29, 0.717) is 12.2 Å². The molecule has 7 heteroatoms. The lowest BCUT2D eigenvalue weighted by Gasteiger charge is -1.93. The fourth-order valence-electron chi connectivity index (χ4n) is 1.04. The molecule has 2 N–H and O–H groups in total. The van der Waals surface area contributed by atoms with Crippen LogP contribution in [0.25, 0.3) is 10.9 Å². The Labute approximate surface area is 97.7 Å². The van der Waals surface area contributed by atoms with Crippen molar-refractivity contribution in [3.63, 3.8) is 0 Å². The van der Waals surface area contributed by atoms with Gasteiger partial charge < -0.3 is 5.73 Å². The molecule has 2 rings (SSSR count). The van der Waals surface area contributed by atoms with Gasteiger partial charge in [-0.15, -0.1) is 0 Å². The normalized spacial score (nSPS) is 11.8. The summed E-state index contributed by atoms with van der Waals surface area (Å²) in [6, 6.07) is 0. The average Bonchev–Trinajstić information content (AvgIpc) is 2.56. The van der Waals surface area contributed by atoms with Gasteiger partial charge in [-0.1, -0.05) is 0 Å². The van der Waals surface area contributed by atoms with E-state index in [1.165, 1.54) is 0 Å². The molecule has 0 radical (unpaired) electrons. The molecule has 0 aliphatic carbocycles. The van der Waals surface area contributed by atoms with Crippen LogP contribution in [0.5, 0.6) is 0 Å². The number of nitrogens with two attached hydrogens (primary N) is 1. The third kappa shape index (κ3) is 1.67. The van der Waals surface area contributed by atoms with Crippen molar-refractivity contribution >= 4 is 61.1 Å². The number of pyridine rings is 1. The van der Waals surface area contributed by atoms with Crippen LogP contribution in [0.4, 0.5) is 5.82 Å². The minimum atomic E-state index is 0.527. The highest BCUT2D eigenvalue weighted by Gasteiger charge is 2.07. The molecule has 0 amide bonds. The van der Waals surface area contributed by atoms with Gasteiger partial charge in [-0.2, -0.15) is 5.10 Å². The maximum absolute atomic E-state index is 5.71. The van der Waals surface area contributed by atoms with E-state index in [4.69, 9.17) is 5.73 Å². The lowest BCUT2D eigenvalue weighted by Crippen LogP contribution is -1.89. The number of nitrogens with zero attached hydrogens (tertiary/aromatic N) is 3. The van der Waals surface area contributed by atoms with Crippen molar-refractivity contribution in [3.8, 4) is 0 Å². The van der Waals surface area contributed by atoms with Crippen molar-refractivity contribution in [2.45, 2.75) is 0 Å². The van der Waals surface area contributed by atoms with Crippen LogP contribution in [-0.2, 0) is 0 Å². The second-order valence-corrected chi connectivity index (χ2v) is 5.34. The minimum absolute atomic E-state index is 0.527. The van der Waals surface area contributed by atoms with E-state index in [0.717, 1.165) is 15.4 Å². The molecule has 1 atom stereocenters. The van der Waals surface area contributed by atoms with Crippen LogP contribution in [0.1, 0.15) is 0 Å². The van der Waals surface area contributed by atoms with Gasteiger partial charge in [0.1, 0.15) is 11.3 Å². The third-order valence-electron chi connectivity index (χ3n) is 1.62. The molecule has 13 heavy (non-hydrogen) atoms. The first-order chi connectivity index (χ1) is 6.22. The van der Waals surface area contributed by atoms with E-state index in [1.54, 1.807) is 6.20 Å². The van der Waals surface area contributed by atoms with Crippen molar-refractivity contribution in [3.05, 3.63) is 16.9 Å². The van der Waals surface area contributed by atoms with Crippen LogP contribution >= 0.6 is 44.3 Å². The second-order valence-electron chi connectivity index (χ2n) is 2.41. The molecule has 0 aliphatic rings. The molecular formula is C6H5BrIN4P. The molecule has 0 saturated heterocycles. The van der Waals surface area contributed by atoms with Crippen molar-refractivity contribution in [1.29, 1.82) is 0 Å². The summed E-state index contributed by atoms with van der Waals surface area (Å²) in [6.45, 7) is 0. The lowest BCUT2D eigenvalue weighted by atomic mass is 10.3. The van der Waals surface area contributed by atoms with Gasteiger partial charge in [0.15, 0.2) is 0 Å². The summed E-state index contributed by atoms with van der Waals surface area (Å²) >= 11 is 5.64. The Kier molecular flexibility index (Phi) is 2.71. The maximum atomic E-state index is 5.71. The number of halogens is 2. The molecule has 0 spiro atoms. The Morgan fingerprint density at radius 3 is 3.00 bits per heavy atom. The fourth-order valence-corrected chi connectivity index (χ4v) is 2.49. The van der Waals surface area contributed by atoms with Gasteiger partial charge in [0.05, 0.1) is 16.2 Å². The first-order valence-corrected chi connectivity index (χ1v) is 8.24. The predicted octanol–water partition coefficient (Wildman–Crippen LogP) is 2.57. The van der Waals surface area contributed by atoms with Crippen molar-refractivity contribution in [2.75, 3.05) is 5.73 Å². The highest BCUT2D eigenvalue weighted by molar-refractivity contribution is 14.2. The van der Waals surface area contributed by atoms with Gasteiger partial charge in [0, 0.05) is 12.4 Å². The minimum Gasteiger partial charge on any atom is -0.383 e. The van der Waals surface area contributed by atoms with Crippen molar-refractivity contribution in [2.24, 2.45) is 0 Å². The van der Waals surface area contributed by atoms with Gasteiger partial charge in [-0.25, -0.2) is 9.44 Å². The number of anilines is 1.